The lowest BCUT2D eigenvalue weighted by molar-refractivity contribution is -0.138. The summed E-state index contributed by atoms with van der Waals surface area (Å²) < 4.78 is 52.6. The fourth-order valence-corrected chi connectivity index (χ4v) is 6.01. The fourth-order valence-electron chi connectivity index (χ4n) is 4.52. The zero-order valence-corrected chi connectivity index (χ0v) is 20.7. The Morgan fingerprint density at radius 1 is 1.27 bits per heavy atom. The number of fused-ring (bicyclic) bond motifs is 3. The molecule has 5 aromatic rings. The maximum absolute atomic E-state index is 14.0. The Bertz CT molecular complexity index is 1740. The van der Waals surface area contributed by atoms with Crippen molar-refractivity contribution in [1.29, 1.82) is 0 Å². The van der Waals surface area contributed by atoms with Crippen LogP contribution in [0.3, 0.4) is 0 Å². The van der Waals surface area contributed by atoms with Crippen molar-refractivity contribution < 1.29 is 27.4 Å². The van der Waals surface area contributed by atoms with Crippen molar-refractivity contribution in [2.45, 2.75) is 31.5 Å². The van der Waals surface area contributed by atoms with Crippen molar-refractivity contribution in [3.8, 4) is 22.9 Å². The smallest absolute Gasteiger partial charge is 0.420 e. The standard InChI is InChI=1S/C25H17ClF3N3O4S/c1-35-12-4-5-14(15(6-12)11-2-3-11)22-31-23-19(24(34)32(22)9-13-8-30-10-36-13)18-17(26)7-16(25(27,28)29)20(33)21(18)37-23/h4-8,10-11,33H,2-3,9H2,1H3. The van der Waals surface area contributed by atoms with E-state index in [2.05, 4.69) is 4.98 Å². The van der Waals surface area contributed by atoms with Crippen LogP contribution in [0.1, 0.15) is 35.6 Å². The molecule has 190 valence electrons. The van der Waals surface area contributed by atoms with Crippen LogP contribution in [0.25, 0.3) is 31.7 Å². The summed E-state index contributed by atoms with van der Waals surface area (Å²) in [7, 11) is 1.57. The Balaban J connectivity index is 1.69. The molecule has 7 nitrogen and oxygen atoms in total. The van der Waals surface area contributed by atoms with Gasteiger partial charge in [0.25, 0.3) is 5.56 Å². The first-order valence-corrected chi connectivity index (χ1v) is 12.4. The second-order valence-electron chi connectivity index (χ2n) is 8.76. The molecular weight excluding hydrogens is 531 g/mol. The number of oxazole rings is 1. The zero-order valence-electron chi connectivity index (χ0n) is 19.1. The highest BCUT2D eigenvalue weighted by Crippen LogP contribution is 2.49. The van der Waals surface area contributed by atoms with Crippen molar-refractivity contribution in [2.75, 3.05) is 7.11 Å². The molecule has 1 saturated carbocycles. The molecule has 3 aromatic heterocycles. The number of alkyl halides is 3. The summed E-state index contributed by atoms with van der Waals surface area (Å²) in [5, 5.41) is 10.3. The number of hydrogen-bond acceptors (Lipinski definition) is 7. The number of halogens is 4. The van der Waals surface area contributed by atoms with E-state index >= 15 is 0 Å². The SMILES string of the molecule is COc1ccc(-c2nc3sc4c(O)c(C(F)(F)F)cc(Cl)c4c3c(=O)n2Cc2cnco2)c(C2CC2)c1. The number of ether oxygens (including phenoxy) is 1. The van der Waals surface area contributed by atoms with Crippen molar-refractivity contribution in [2.24, 2.45) is 0 Å². The average Bonchev–Trinajstić information content (AvgIpc) is 3.43. The molecule has 3 heterocycles. The number of phenolic OH excluding ortho intramolecular Hbond substituents is 1. The van der Waals surface area contributed by atoms with Gasteiger partial charge < -0.3 is 14.3 Å². The van der Waals surface area contributed by atoms with E-state index in [4.69, 9.17) is 25.7 Å². The van der Waals surface area contributed by atoms with E-state index < -0.39 is 23.0 Å². The molecule has 1 fully saturated rings. The summed E-state index contributed by atoms with van der Waals surface area (Å²) in [6.45, 7) is -0.0190. The monoisotopic (exact) mass is 547 g/mol. The van der Waals surface area contributed by atoms with Crippen molar-refractivity contribution >= 4 is 43.2 Å². The summed E-state index contributed by atoms with van der Waals surface area (Å²) >= 11 is 7.06. The van der Waals surface area contributed by atoms with E-state index in [0.29, 0.717) is 29.0 Å². The third-order valence-corrected chi connectivity index (χ3v) is 7.80. The largest absolute Gasteiger partial charge is 0.506 e. The highest BCUT2D eigenvalue weighted by molar-refractivity contribution is 7.26. The number of aromatic nitrogens is 3. The summed E-state index contributed by atoms with van der Waals surface area (Å²) in [6, 6.07) is 6.12. The van der Waals surface area contributed by atoms with Crippen LogP contribution in [0, 0.1) is 0 Å². The lowest BCUT2D eigenvalue weighted by Gasteiger charge is -2.16. The van der Waals surface area contributed by atoms with Crippen LogP contribution in [0.4, 0.5) is 13.2 Å². The molecule has 2 aromatic carbocycles. The van der Waals surface area contributed by atoms with Crippen LogP contribution >= 0.6 is 22.9 Å². The van der Waals surface area contributed by atoms with E-state index in [-0.39, 0.29) is 37.8 Å². The molecule has 37 heavy (non-hydrogen) atoms. The van der Waals surface area contributed by atoms with Gasteiger partial charge in [0.1, 0.15) is 33.5 Å². The number of nitrogens with zero attached hydrogens (tertiary/aromatic N) is 3. The van der Waals surface area contributed by atoms with Gasteiger partial charge in [-0.3, -0.25) is 9.36 Å². The molecule has 0 amide bonds. The van der Waals surface area contributed by atoms with Crippen molar-refractivity contribution in [3.63, 3.8) is 0 Å². The molecule has 0 saturated heterocycles. The normalized spacial score (nSPS) is 14.1. The number of aromatic hydroxyl groups is 1. The van der Waals surface area contributed by atoms with E-state index in [1.807, 2.05) is 12.1 Å². The van der Waals surface area contributed by atoms with Gasteiger partial charge in [-0.05, 0) is 48.6 Å². The molecule has 1 N–H and O–H groups in total. The molecule has 1 aliphatic rings. The van der Waals surface area contributed by atoms with Gasteiger partial charge in [0.15, 0.2) is 6.39 Å². The topological polar surface area (TPSA) is 90.4 Å². The molecular formula is C25H17ClF3N3O4S. The quantitative estimate of drug-likeness (QED) is 0.267. The minimum atomic E-state index is -4.83. The average molecular weight is 548 g/mol. The van der Waals surface area contributed by atoms with Crippen LogP contribution < -0.4 is 10.3 Å². The van der Waals surface area contributed by atoms with E-state index in [9.17, 15) is 23.1 Å². The minimum absolute atomic E-state index is 0.0190. The first-order valence-electron chi connectivity index (χ1n) is 11.2. The summed E-state index contributed by atoms with van der Waals surface area (Å²) in [5.41, 5.74) is -0.143. The molecule has 0 radical (unpaired) electrons. The number of phenols is 1. The van der Waals surface area contributed by atoms with Gasteiger partial charge in [0.2, 0.25) is 0 Å². The predicted molar refractivity (Wildman–Crippen MR) is 133 cm³/mol. The van der Waals surface area contributed by atoms with Crippen LogP contribution in [-0.2, 0) is 12.7 Å². The summed E-state index contributed by atoms with van der Waals surface area (Å²) in [5.74, 6) is 0.650. The third-order valence-electron chi connectivity index (χ3n) is 6.41. The molecule has 6 rings (SSSR count). The maximum Gasteiger partial charge on any atom is 0.420 e. The lowest BCUT2D eigenvalue weighted by atomic mass is 10.0. The predicted octanol–water partition coefficient (Wildman–Crippen LogP) is 6.58. The van der Waals surface area contributed by atoms with Gasteiger partial charge in [-0.1, -0.05) is 11.6 Å². The molecule has 0 bridgehead atoms. The van der Waals surface area contributed by atoms with Crippen molar-refractivity contribution in [3.05, 3.63) is 69.1 Å². The fraction of sp³-hybridized carbons (Fsp3) is 0.240. The van der Waals surface area contributed by atoms with Gasteiger partial charge in [-0.2, -0.15) is 13.2 Å². The number of methoxy groups -OCH3 is 1. The van der Waals surface area contributed by atoms with Crippen LogP contribution in [0.15, 0.2) is 46.1 Å². The molecule has 12 heteroatoms. The molecule has 0 unspecified atom stereocenters. The number of thiophene rings is 1. The van der Waals surface area contributed by atoms with E-state index in [1.165, 1.54) is 17.2 Å². The van der Waals surface area contributed by atoms with Gasteiger partial charge >= 0.3 is 6.18 Å². The number of benzene rings is 2. The minimum Gasteiger partial charge on any atom is -0.506 e. The maximum atomic E-state index is 14.0. The third kappa shape index (κ3) is 3.93. The second-order valence-corrected chi connectivity index (χ2v) is 10.2. The second kappa shape index (κ2) is 8.49. The summed E-state index contributed by atoms with van der Waals surface area (Å²) in [6.07, 6.45) is -0.174. The Morgan fingerprint density at radius 2 is 2.05 bits per heavy atom. The molecule has 1 aliphatic carbocycles. The van der Waals surface area contributed by atoms with Gasteiger partial charge in [0.05, 0.1) is 35.0 Å². The highest BCUT2D eigenvalue weighted by atomic mass is 35.5. The van der Waals surface area contributed by atoms with Crippen LogP contribution in [0.2, 0.25) is 5.02 Å². The Morgan fingerprint density at radius 3 is 2.70 bits per heavy atom. The molecule has 0 aliphatic heterocycles. The first-order chi connectivity index (χ1) is 17.7. The first kappa shape index (κ1) is 23.8. The number of hydrogen-bond donors (Lipinski definition) is 1. The van der Waals surface area contributed by atoms with Gasteiger partial charge in [-0.25, -0.2) is 9.97 Å². The molecule has 0 spiro atoms. The van der Waals surface area contributed by atoms with Crippen LogP contribution in [0.5, 0.6) is 11.5 Å². The zero-order chi connectivity index (χ0) is 26.1. The molecule has 0 atom stereocenters. The van der Waals surface area contributed by atoms with E-state index in [1.54, 1.807) is 13.2 Å². The Labute approximate surface area is 215 Å². The van der Waals surface area contributed by atoms with Crippen LogP contribution in [-0.4, -0.2) is 26.8 Å². The van der Waals surface area contributed by atoms with E-state index in [0.717, 1.165) is 29.7 Å². The van der Waals surface area contributed by atoms with Gasteiger partial charge in [-0.15, -0.1) is 11.3 Å². The lowest BCUT2D eigenvalue weighted by Crippen LogP contribution is -2.24. The highest BCUT2D eigenvalue weighted by Gasteiger charge is 2.37. The Kier molecular flexibility index (Phi) is 5.46. The summed E-state index contributed by atoms with van der Waals surface area (Å²) in [4.78, 5) is 22.8. The Hall–Kier alpha value is -3.57. The van der Waals surface area contributed by atoms with Crippen molar-refractivity contribution in [1.82, 2.24) is 14.5 Å². The number of rotatable bonds is 5. The van der Waals surface area contributed by atoms with Gasteiger partial charge in [0, 0.05) is 10.9 Å².